The number of carbonyl (C=O) groups excluding carboxylic acids is 1. The molecule has 0 atom stereocenters. The van der Waals surface area contributed by atoms with Gasteiger partial charge in [0.2, 0.25) is 5.91 Å². The molecule has 0 spiro atoms. The van der Waals surface area contributed by atoms with Crippen LogP contribution < -0.4 is 11.1 Å². The van der Waals surface area contributed by atoms with Crippen molar-refractivity contribution in [3.05, 3.63) is 35.3 Å². The van der Waals surface area contributed by atoms with Crippen LogP contribution in [0.15, 0.2) is 38.9 Å². The fourth-order valence-electron chi connectivity index (χ4n) is 2.64. The number of aromatic nitrogens is 1. The van der Waals surface area contributed by atoms with Crippen LogP contribution in [0.5, 0.6) is 0 Å². The summed E-state index contributed by atoms with van der Waals surface area (Å²) in [4.78, 5) is 18.2. The van der Waals surface area contributed by atoms with Gasteiger partial charge in [0.25, 0.3) is 0 Å². The number of hydrogen-bond acceptors (Lipinski definition) is 6. The summed E-state index contributed by atoms with van der Waals surface area (Å²) in [7, 11) is 0. The number of anilines is 1. The van der Waals surface area contributed by atoms with Gasteiger partial charge in [0.05, 0.1) is 5.41 Å². The van der Waals surface area contributed by atoms with Gasteiger partial charge < -0.3 is 15.8 Å². The number of halogens is 1. The summed E-state index contributed by atoms with van der Waals surface area (Å²) < 4.78 is 6.38. The molecule has 0 unspecified atom stereocenters. The van der Waals surface area contributed by atoms with Crippen LogP contribution in [0.25, 0.3) is 0 Å². The molecule has 0 saturated carbocycles. The third kappa shape index (κ3) is 4.95. The number of rotatable bonds is 5. The van der Waals surface area contributed by atoms with E-state index in [1.165, 1.54) is 0 Å². The fraction of sp³-hybridized carbons (Fsp3) is 0.412. The molecule has 3 rings (SSSR count). The molecule has 136 valence electrons. The Bertz CT molecular complexity index is 700. The first kappa shape index (κ1) is 20.2. The van der Waals surface area contributed by atoms with Crippen molar-refractivity contribution in [1.82, 2.24) is 4.98 Å². The first-order chi connectivity index (χ1) is 11.6. The van der Waals surface area contributed by atoms with Crippen molar-refractivity contribution >= 4 is 47.1 Å². The highest BCUT2D eigenvalue weighted by atomic mass is 35.5. The number of benzene rings is 1. The summed E-state index contributed by atoms with van der Waals surface area (Å²) in [5.41, 5.74) is 7.20. The molecular formula is C17H22ClN3O2S2. The van der Waals surface area contributed by atoms with Crippen molar-refractivity contribution < 1.29 is 9.53 Å². The number of amides is 1. The predicted molar refractivity (Wildman–Crippen MR) is 105 cm³/mol. The lowest BCUT2D eigenvalue weighted by Crippen LogP contribution is -2.46. The Morgan fingerprint density at radius 1 is 1.36 bits per heavy atom. The van der Waals surface area contributed by atoms with Crippen LogP contribution in [-0.4, -0.2) is 30.6 Å². The summed E-state index contributed by atoms with van der Waals surface area (Å²) in [5.74, 6) is -0.00995. The van der Waals surface area contributed by atoms with Gasteiger partial charge in [-0.2, -0.15) is 0 Å². The minimum Gasteiger partial charge on any atom is -0.381 e. The average molecular weight is 400 g/mol. The van der Waals surface area contributed by atoms with E-state index in [0.29, 0.717) is 32.6 Å². The number of nitrogens with two attached hydrogens (primary N) is 1. The summed E-state index contributed by atoms with van der Waals surface area (Å²) >= 11 is 3.26. The van der Waals surface area contributed by atoms with Crippen LogP contribution in [0.2, 0.25) is 0 Å². The number of thiazole rings is 1. The van der Waals surface area contributed by atoms with E-state index in [2.05, 4.69) is 10.3 Å². The first-order valence-corrected chi connectivity index (χ1v) is 9.60. The van der Waals surface area contributed by atoms with E-state index in [9.17, 15) is 4.79 Å². The second kappa shape index (κ2) is 9.00. The van der Waals surface area contributed by atoms with Crippen molar-refractivity contribution in [3.63, 3.8) is 0 Å². The maximum atomic E-state index is 12.6. The van der Waals surface area contributed by atoms with Crippen molar-refractivity contribution in [1.29, 1.82) is 0 Å². The number of aryl methyl sites for hydroxylation is 1. The molecule has 1 saturated heterocycles. The third-order valence-corrected chi connectivity index (χ3v) is 6.30. The quantitative estimate of drug-likeness (QED) is 0.801. The lowest BCUT2D eigenvalue weighted by Gasteiger charge is -2.34. The molecule has 1 aromatic carbocycles. The Hall–Kier alpha value is -1.12. The summed E-state index contributed by atoms with van der Waals surface area (Å²) in [5, 5.41) is 5.04. The highest BCUT2D eigenvalue weighted by molar-refractivity contribution is 8.01. The van der Waals surface area contributed by atoms with E-state index >= 15 is 0 Å². The van der Waals surface area contributed by atoms with Gasteiger partial charge in [-0.05, 0) is 44.0 Å². The molecule has 0 radical (unpaired) electrons. The highest BCUT2D eigenvalue weighted by Crippen LogP contribution is 2.33. The van der Waals surface area contributed by atoms with Gasteiger partial charge >= 0.3 is 0 Å². The largest absolute Gasteiger partial charge is 0.381 e. The van der Waals surface area contributed by atoms with Gasteiger partial charge in [-0.3, -0.25) is 4.79 Å². The van der Waals surface area contributed by atoms with Crippen LogP contribution in [0, 0.1) is 12.3 Å². The lowest BCUT2D eigenvalue weighted by atomic mass is 9.79. The number of hydrogen-bond donors (Lipinski definition) is 2. The number of nitrogens with one attached hydrogen (secondary N) is 1. The van der Waals surface area contributed by atoms with Crippen LogP contribution in [0.3, 0.4) is 0 Å². The third-order valence-electron chi connectivity index (χ3n) is 4.24. The second-order valence-electron chi connectivity index (χ2n) is 5.93. The van der Waals surface area contributed by atoms with E-state index in [0.717, 1.165) is 20.6 Å². The zero-order valence-electron chi connectivity index (χ0n) is 14.0. The van der Waals surface area contributed by atoms with E-state index in [1.807, 2.05) is 36.6 Å². The summed E-state index contributed by atoms with van der Waals surface area (Å²) in [6, 6.07) is 7.83. The topological polar surface area (TPSA) is 77.2 Å². The molecule has 2 aromatic rings. The fourth-order valence-corrected chi connectivity index (χ4v) is 4.45. The Morgan fingerprint density at radius 3 is 2.60 bits per heavy atom. The van der Waals surface area contributed by atoms with Gasteiger partial charge in [-0.1, -0.05) is 11.8 Å². The number of ether oxygens (including phenoxy) is 1. The van der Waals surface area contributed by atoms with Crippen molar-refractivity contribution in [3.8, 4) is 0 Å². The SMILES string of the molecule is Cc1csc(Sc2ccc(NC(=O)C3(CN)CCOCC3)cc2)n1.Cl. The summed E-state index contributed by atoms with van der Waals surface area (Å²) in [6.45, 7) is 3.52. The van der Waals surface area contributed by atoms with Crippen LogP contribution in [0.1, 0.15) is 18.5 Å². The second-order valence-corrected chi connectivity index (χ2v) is 8.11. The molecule has 1 amide bonds. The molecule has 8 heteroatoms. The van der Waals surface area contributed by atoms with Gasteiger partial charge in [0.1, 0.15) is 0 Å². The molecule has 3 N–H and O–H groups in total. The molecular weight excluding hydrogens is 378 g/mol. The molecule has 25 heavy (non-hydrogen) atoms. The molecule has 1 fully saturated rings. The predicted octanol–water partition coefficient (Wildman–Crippen LogP) is 3.72. The monoisotopic (exact) mass is 399 g/mol. The minimum atomic E-state index is -0.510. The Kier molecular flexibility index (Phi) is 7.27. The van der Waals surface area contributed by atoms with Gasteiger partial charge in [0, 0.05) is 41.4 Å². The van der Waals surface area contributed by atoms with E-state index in [1.54, 1.807) is 23.1 Å². The van der Waals surface area contributed by atoms with Crippen molar-refractivity contribution in [2.24, 2.45) is 11.1 Å². The van der Waals surface area contributed by atoms with Gasteiger partial charge in [-0.25, -0.2) is 4.98 Å². The molecule has 1 aromatic heterocycles. The molecule has 1 aliphatic rings. The smallest absolute Gasteiger partial charge is 0.232 e. The first-order valence-electron chi connectivity index (χ1n) is 7.91. The van der Waals surface area contributed by atoms with E-state index < -0.39 is 5.41 Å². The van der Waals surface area contributed by atoms with E-state index in [-0.39, 0.29) is 18.3 Å². The molecule has 0 aliphatic carbocycles. The highest BCUT2D eigenvalue weighted by Gasteiger charge is 2.38. The lowest BCUT2D eigenvalue weighted by molar-refractivity contribution is -0.130. The Morgan fingerprint density at radius 2 is 2.04 bits per heavy atom. The molecule has 1 aliphatic heterocycles. The van der Waals surface area contributed by atoms with Crippen LogP contribution in [0.4, 0.5) is 5.69 Å². The zero-order chi connectivity index (χ0) is 17.0. The standard InChI is InChI=1S/C17H21N3O2S2.ClH/c1-12-10-23-16(19-12)24-14-4-2-13(3-5-14)20-15(21)17(11-18)6-8-22-9-7-17;/h2-5,10H,6-9,11,18H2,1H3,(H,20,21);1H. The van der Waals surface area contributed by atoms with Crippen LogP contribution >= 0.6 is 35.5 Å². The maximum absolute atomic E-state index is 12.6. The number of carbonyl (C=O) groups is 1. The van der Waals surface area contributed by atoms with Crippen molar-refractivity contribution in [2.45, 2.75) is 29.0 Å². The van der Waals surface area contributed by atoms with Crippen LogP contribution in [-0.2, 0) is 9.53 Å². The average Bonchev–Trinajstić information content (AvgIpc) is 3.02. The Balaban J connectivity index is 0.00000225. The Labute approximate surface area is 162 Å². The summed E-state index contributed by atoms with van der Waals surface area (Å²) in [6.07, 6.45) is 1.35. The van der Waals surface area contributed by atoms with E-state index in [4.69, 9.17) is 10.5 Å². The minimum absolute atomic E-state index is 0. The zero-order valence-corrected chi connectivity index (χ0v) is 16.4. The van der Waals surface area contributed by atoms with Crippen molar-refractivity contribution in [2.75, 3.05) is 25.1 Å². The van der Waals surface area contributed by atoms with Gasteiger partial charge in [-0.15, -0.1) is 23.7 Å². The normalized spacial score (nSPS) is 16.1. The number of nitrogens with zero attached hydrogens (tertiary/aromatic N) is 1. The molecule has 5 nitrogen and oxygen atoms in total. The molecule has 0 bridgehead atoms. The molecule has 2 heterocycles. The van der Waals surface area contributed by atoms with Gasteiger partial charge in [0.15, 0.2) is 4.34 Å². The maximum Gasteiger partial charge on any atom is 0.232 e.